The minimum atomic E-state index is -0.410. The number of rotatable bonds is 5. The van der Waals surface area contributed by atoms with Gasteiger partial charge in [0, 0.05) is 16.7 Å². The first-order chi connectivity index (χ1) is 19.7. The molecule has 0 atom stereocenters. The first-order valence-corrected chi connectivity index (χ1v) is 14.6. The van der Waals surface area contributed by atoms with E-state index in [2.05, 4.69) is 104 Å². The standard InChI is InChI=1S/C34H38B2N2O4/c1-31(2)32(3,4)40-35(39-31)26-18-14-23(15-19-26)28-22-29(38-30(37-28)25-12-10-9-11-13-25)24-16-20-27(21-17-24)36-41-33(5,6)34(7,8)42-36/h9-22H,1-8H3. The van der Waals surface area contributed by atoms with Crippen LogP contribution in [0.3, 0.4) is 0 Å². The quantitative estimate of drug-likeness (QED) is 0.276. The number of benzene rings is 3. The summed E-state index contributed by atoms with van der Waals surface area (Å²) in [6.45, 7) is 16.5. The van der Waals surface area contributed by atoms with E-state index in [4.69, 9.17) is 28.6 Å². The van der Waals surface area contributed by atoms with Gasteiger partial charge in [-0.15, -0.1) is 0 Å². The highest BCUT2D eigenvalue weighted by Crippen LogP contribution is 2.38. The van der Waals surface area contributed by atoms with E-state index < -0.39 is 14.2 Å². The fourth-order valence-corrected chi connectivity index (χ4v) is 5.04. The molecule has 2 saturated heterocycles. The summed E-state index contributed by atoms with van der Waals surface area (Å²) in [5.41, 5.74) is 5.03. The predicted molar refractivity (Wildman–Crippen MR) is 170 cm³/mol. The van der Waals surface area contributed by atoms with E-state index in [1.165, 1.54) is 0 Å². The van der Waals surface area contributed by atoms with Gasteiger partial charge < -0.3 is 18.6 Å². The van der Waals surface area contributed by atoms with Crippen molar-refractivity contribution in [3.63, 3.8) is 0 Å². The van der Waals surface area contributed by atoms with Gasteiger partial charge in [-0.2, -0.15) is 0 Å². The molecule has 0 radical (unpaired) electrons. The molecule has 3 aromatic carbocycles. The van der Waals surface area contributed by atoms with Crippen LogP contribution in [0.2, 0.25) is 0 Å². The molecular weight excluding hydrogens is 522 g/mol. The normalized spacial score (nSPS) is 20.2. The van der Waals surface area contributed by atoms with Crippen molar-refractivity contribution in [3.05, 3.63) is 84.9 Å². The number of hydrogen-bond acceptors (Lipinski definition) is 6. The van der Waals surface area contributed by atoms with Gasteiger partial charge in [0.1, 0.15) is 0 Å². The van der Waals surface area contributed by atoms with Crippen LogP contribution >= 0.6 is 0 Å². The zero-order chi connectivity index (χ0) is 29.9. The monoisotopic (exact) mass is 560 g/mol. The van der Waals surface area contributed by atoms with Gasteiger partial charge in [0.25, 0.3) is 0 Å². The van der Waals surface area contributed by atoms with Crippen molar-refractivity contribution in [3.8, 4) is 33.9 Å². The third kappa shape index (κ3) is 5.22. The average molecular weight is 560 g/mol. The van der Waals surface area contributed by atoms with Gasteiger partial charge in [0.15, 0.2) is 5.82 Å². The average Bonchev–Trinajstić information content (AvgIpc) is 3.32. The number of hydrogen-bond donors (Lipinski definition) is 0. The molecule has 0 bridgehead atoms. The second-order valence-corrected chi connectivity index (χ2v) is 13.2. The molecule has 42 heavy (non-hydrogen) atoms. The van der Waals surface area contributed by atoms with Gasteiger partial charge in [0.05, 0.1) is 33.8 Å². The minimum Gasteiger partial charge on any atom is -0.399 e. The number of nitrogens with zero attached hydrogens (tertiary/aromatic N) is 2. The Morgan fingerprint density at radius 3 is 1.17 bits per heavy atom. The highest BCUT2D eigenvalue weighted by Gasteiger charge is 2.52. The molecule has 4 aromatic rings. The van der Waals surface area contributed by atoms with Crippen molar-refractivity contribution in [2.24, 2.45) is 0 Å². The Kier molecular flexibility index (Phi) is 6.97. The van der Waals surface area contributed by atoms with Gasteiger partial charge in [-0.3, -0.25) is 0 Å². The summed E-state index contributed by atoms with van der Waals surface area (Å²) in [5, 5.41) is 0. The largest absolute Gasteiger partial charge is 0.494 e. The highest BCUT2D eigenvalue weighted by molar-refractivity contribution is 6.62. The van der Waals surface area contributed by atoms with Gasteiger partial charge >= 0.3 is 14.2 Å². The zero-order valence-corrected chi connectivity index (χ0v) is 25.8. The van der Waals surface area contributed by atoms with Crippen LogP contribution in [-0.2, 0) is 18.6 Å². The summed E-state index contributed by atoms with van der Waals surface area (Å²) in [6, 6.07) is 28.6. The molecule has 214 valence electrons. The Hall–Kier alpha value is -3.29. The molecule has 0 N–H and O–H groups in total. The summed E-state index contributed by atoms with van der Waals surface area (Å²) in [5.74, 6) is 0.674. The van der Waals surface area contributed by atoms with Crippen LogP contribution in [0.15, 0.2) is 84.9 Å². The van der Waals surface area contributed by atoms with Crippen LogP contribution in [0.4, 0.5) is 0 Å². The molecule has 0 saturated carbocycles. The van der Waals surface area contributed by atoms with E-state index in [1.54, 1.807) is 0 Å². The molecule has 1 aromatic heterocycles. The van der Waals surface area contributed by atoms with E-state index in [1.807, 2.05) is 36.4 Å². The lowest BCUT2D eigenvalue weighted by Gasteiger charge is -2.32. The molecule has 6 nitrogen and oxygen atoms in total. The minimum absolute atomic E-state index is 0.388. The summed E-state index contributed by atoms with van der Waals surface area (Å²) in [6.07, 6.45) is 0. The van der Waals surface area contributed by atoms with Crippen LogP contribution < -0.4 is 10.9 Å². The Bertz CT molecular complexity index is 1460. The van der Waals surface area contributed by atoms with E-state index in [-0.39, 0.29) is 22.4 Å². The predicted octanol–water partition coefficient (Wildman–Crippen LogP) is 6.08. The first-order valence-electron chi connectivity index (χ1n) is 14.6. The van der Waals surface area contributed by atoms with Crippen molar-refractivity contribution >= 4 is 25.2 Å². The highest BCUT2D eigenvalue weighted by atomic mass is 16.7. The van der Waals surface area contributed by atoms with E-state index in [0.717, 1.165) is 39.0 Å². The summed E-state index contributed by atoms with van der Waals surface area (Å²) in [4.78, 5) is 9.94. The second kappa shape index (κ2) is 10.2. The summed E-state index contributed by atoms with van der Waals surface area (Å²) in [7, 11) is -0.820. The van der Waals surface area contributed by atoms with Gasteiger partial charge in [-0.25, -0.2) is 9.97 Å². The molecule has 2 aliphatic rings. The Morgan fingerprint density at radius 2 is 0.810 bits per heavy atom. The molecule has 0 unspecified atom stereocenters. The SMILES string of the molecule is CC1(C)OB(c2ccc(-c3cc(-c4ccc(B5OC(C)(C)C(C)(C)O5)cc4)nc(-c4ccccc4)n3)cc2)OC1(C)C. The zero-order valence-electron chi connectivity index (χ0n) is 25.8. The van der Waals surface area contributed by atoms with Gasteiger partial charge in [0.2, 0.25) is 0 Å². The fourth-order valence-electron chi connectivity index (χ4n) is 5.04. The molecular formula is C34H38B2N2O4. The Balaban J connectivity index is 1.32. The smallest absolute Gasteiger partial charge is 0.399 e. The maximum atomic E-state index is 6.25. The van der Waals surface area contributed by atoms with Crippen LogP contribution in [0.5, 0.6) is 0 Å². The van der Waals surface area contributed by atoms with E-state index in [9.17, 15) is 0 Å². The lowest BCUT2D eigenvalue weighted by molar-refractivity contribution is 0.00578. The first kappa shape index (κ1) is 28.8. The van der Waals surface area contributed by atoms with E-state index >= 15 is 0 Å². The molecule has 2 fully saturated rings. The third-order valence-corrected chi connectivity index (χ3v) is 9.22. The van der Waals surface area contributed by atoms with Gasteiger partial charge in [-0.1, -0.05) is 78.9 Å². The summed E-state index contributed by atoms with van der Waals surface area (Å²) >= 11 is 0. The maximum absolute atomic E-state index is 6.25. The van der Waals surface area contributed by atoms with Crippen LogP contribution in [0, 0.1) is 0 Å². The Labute approximate surface area is 250 Å². The van der Waals surface area contributed by atoms with Crippen LogP contribution in [-0.4, -0.2) is 46.6 Å². The van der Waals surface area contributed by atoms with E-state index in [0.29, 0.717) is 5.82 Å². The van der Waals surface area contributed by atoms with Gasteiger partial charge in [-0.05, 0) is 72.4 Å². The third-order valence-electron chi connectivity index (χ3n) is 9.22. The Morgan fingerprint density at radius 1 is 0.452 bits per heavy atom. The maximum Gasteiger partial charge on any atom is 0.494 e. The van der Waals surface area contributed by atoms with Crippen LogP contribution in [0.1, 0.15) is 55.4 Å². The van der Waals surface area contributed by atoms with Crippen molar-refractivity contribution in [2.45, 2.75) is 77.8 Å². The fraction of sp³-hybridized carbons (Fsp3) is 0.353. The van der Waals surface area contributed by atoms with Crippen molar-refractivity contribution < 1.29 is 18.6 Å². The van der Waals surface area contributed by atoms with Crippen molar-refractivity contribution in [1.29, 1.82) is 0 Å². The molecule has 8 heteroatoms. The topological polar surface area (TPSA) is 62.7 Å². The second-order valence-electron chi connectivity index (χ2n) is 13.2. The molecule has 0 amide bonds. The molecule has 3 heterocycles. The van der Waals surface area contributed by atoms with Crippen molar-refractivity contribution in [1.82, 2.24) is 9.97 Å². The molecule has 0 aliphatic carbocycles. The molecule has 0 spiro atoms. The lowest BCUT2D eigenvalue weighted by Crippen LogP contribution is -2.41. The number of aromatic nitrogens is 2. The molecule has 2 aliphatic heterocycles. The van der Waals surface area contributed by atoms with Crippen LogP contribution in [0.25, 0.3) is 33.9 Å². The molecule has 6 rings (SSSR count). The summed E-state index contributed by atoms with van der Waals surface area (Å²) < 4.78 is 25.0. The van der Waals surface area contributed by atoms with Crippen molar-refractivity contribution in [2.75, 3.05) is 0 Å². The lowest BCUT2D eigenvalue weighted by atomic mass is 9.78.